The minimum Gasteiger partial charge on any atom is -0.207 e. The third-order valence-corrected chi connectivity index (χ3v) is 7.81. The van der Waals surface area contributed by atoms with Gasteiger partial charge in [0.2, 0.25) is 0 Å². The zero-order valence-electron chi connectivity index (χ0n) is 15.5. The molecule has 0 heterocycles. The predicted molar refractivity (Wildman–Crippen MR) is 103 cm³/mol. The van der Waals surface area contributed by atoms with Crippen molar-refractivity contribution < 1.29 is 4.39 Å². The smallest absolute Gasteiger partial charge is 0.123 e. The molecule has 3 saturated carbocycles. The van der Waals surface area contributed by atoms with E-state index >= 15 is 0 Å². The van der Waals surface area contributed by atoms with Gasteiger partial charge < -0.3 is 0 Å². The van der Waals surface area contributed by atoms with Gasteiger partial charge in [-0.2, -0.15) is 0 Å². The van der Waals surface area contributed by atoms with E-state index in [4.69, 9.17) is 0 Å². The van der Waals surface area contributed by atoms with Gasteiger partial charge in [0.05, 0.1) is 0 Å². The highest BCUT2D eigenvalue weighted by Crippen LogP contribution is 2.50. The van der Waals surface area contributed by atoms with Crippen molar-refractivity contribution in [2.45, 2.75) is 70.1 Å². The van der Waals surface area contributed by atoms with Crippen LogP contribution in [0.25, 0.3) is 0 Å². The van der Waals surface area contributed by atoms with Gasteiger partial charge in [0.1, 0.15) is 5.82 Å². The maximum absolute atomic E-state index is 13.2. The second-order valence-electron chi connectivity index (χ2n) is 9.07. The number of hydrogen-bond donors (Lipinski definition) is 0. The molecule has 0 aliphatic heterocycles. The zero-order chi connectivity index (χ0) is 17.2. The molecule has 4 atom stereocenters. The van der Waals surface area contributed by atoms with Crippen molar-refractivity contribution in [3.8, 4) is 0 Å². The van der Waals surface area contributed by atoms with E-state index in [0.29, 0.717) is 5.92 Å². The average molecular weight is 341 g/mol. The number of benzene rings is 1. The fourth-order valence-electron chi connectivity index (χ4n) is 6.24. The highest BCUT2D eigenvalue weighted by Gasteiger charge is 2.38. The largest absolute Gasteiger partial charge is 0.207 e. The summed E-state index contributed by atoms with van der Waals surface area (Å²) in [7, 11) is 0. The topological polar surface area (TPSA) is 0 Å². The van der Waals surface area contributed by atoms with Crippen LogP contribution in [0.2, 0.25) is 0 Å². The van der Waals surface area contributed by atoms with E-state index < -0.39 is 0 Å². The van der Waals surface area contributed by atoms with Crippen molar-refractivity contribution in [1.82, 2.24) is 0 Å². The Morgan fingerprint density at radius 1 is 0.720 bits per heavy atom. The Morgan fingerprint density at radius 2 is 1.28 bits per heavy atom. The first-order chi connectivity index (χ1) is 12.2. The first kappa shape index (κ1) is 17.3. The Bertz CT molecular complexity index is 566. The average Bonchev–Trinajstić information content (AvgIpc) is 2.68. The molecule has 3 aliphatic rings. The van der Waals surface area contributed by atoms with Crippen molar-refractivity contribution in [2.75, 3.05) is 0 Å². The molecule has 0 saturated heterocycles. The lowest BCUT2D eigenvalue weighted by Gasteiger charge is -2.45. The molecule has 25 heavy (non-hydrogen) atoms. The van der Waals surface area contributed by atoms with Crippen molar-refractivity contribution >= 4 is 0 Å². The summed E-state index contributed by atoms with van der Waals surface area (Å²) < 4.78 is 13.2. The minimum atomic E-state index is -0.107. The molecule has 4 unspecified atom stereocenters. The summed E-state index contributed by atoms with van der Waals surface area (Å²) in [4.78, 5) is 0. The van der Waals surface area contributed by atoms with Crippen LogP contribution in [-0.4, -0.2) is 0 Å². The molecule has 0 nitrogen and oxygen atoms in total. The Morgan fingerprint density at radius 3 is 1.96 bits per heavy atom. The predicted octanol–water partition coefficient (Wildman–Crippen LogP) is 7.12. The SMILES string of the molecule is C=CC1CCC(C2CCC3CC(c4ccc(F)cc4)CCC3C2)CC1. The molecule has 1 aromatic rings. The third kappa shape index (κ3) is 3.86. The summed E-state index contributed by atoms with van der Waals surface area (Å²) in [5, 5.41) is 0. The quantitative estimate of drug-likeness (QED) is 0.514. The van der Waals surface area contributed by atoms with Crippen LogP contribution in [0, 0.1) is 35.4 Å². The molecule has 3 fully saturated rings. The number of halogens is 1. The molecule has 0 radical (unpaired) electrons. The van der Waals surface area contributed by atoms with Crippen LogP contribution in [0.5, 0.6) is 0 Å². The zero-order valence-corrected chi connectivity index (χ0v) is 15.5. The lowest BCUT2D eigenvalue weighted by molar-refractivity contribution is 0.0748. The monoisotopic (exact) mass is 340 g/mol. The molecule has 0 N–H and O–H groups in total. The van der Waals surface area contributed by atoms with Crippen LogP contribution in [0.4, 0.5) is 4.39 Å². The van der Waals surface area contributed by atoms with Crippen LogP contribution >= 0.6 is 0 Å². The van der Waals surface area contributed by atoms with E-state index in [1.807, 2.05) is 12.1 Å². The summed E-state index contributed by atoms with van der Waals surface area (Å²) in [5.74, 6) is 5.22. The second kappa shape index (κ2) is 7.64. The van der Waals surface area contributed by atoms with Gasteiger partial charge in [0, 0.05) is 0 Å². The first-order valence-electron chi connectivity index (χ1n) is 10.6. The Hall–Kier alpha value is -1.11. The normalized spacial score (nSPS) is 38.8. The number of rotatable bonds is 3. The van der Waals surface area contributed by atoms with Crippen LogP contribution in [0.3, 0.4) is 0 Å². The van der Waals surface area contributed by atoms with Gasteiger partial charge in [-0.25, -0.2) is 4.39 Å². The fourth-order valence-corrected chi connectivity index (χ4v) is 6.24. The first-order valence-corrected chi connectivity index (χ1v) is 10.6. The molecule has 0 bridgehead atoms. The van der Waals surface area contributed by atoms with E-state index in [-0.39, 0.29) is 5.82 Å². The van der Waals surface area contributed by atoms with Gasteiger partial charge in [-0.3, -0.25) is 0 Å². The maximum Gasteiger partial charge on any atom is 0.123 e. The van der Waals surface area contributed by atoms with E-state index in [0.717, 1.165) is 29.6 Å². The number of hydrogen-bond acceptors (Lipinski definition) is 0. The summed E-state index contributed by atoms with van der Waals surface area (Å²) in [6.45, 7) is 3.99. The molecule has 0 amide bonds. The lowest BCUT2D eigenvalue weighted by atomic mass is 9.60. The summed E-state index contributed by atoms with van der Waals surface area (Å²) in [6.07, 6.45) is 16.3. The third-order valence-electron chi connectivity index (χ3n) is 7.81. The van der Waals surface area contributed by atoms with Gasteiger partial charge in [0.25, 0.3) is 0 Å². The highest BCUT2D eigenvalue weighted by atomic mass is 19.1. The van der Waals surface area contributed by atoms with E-state index in [1.54, 1.807) is 12.1 Å². The van der Waals surface area contributed by atoms with E-state index in [9.17, 15) is 4.39 Å². The molecule has 1 aromatic carbocycles. The van der Waals surface area contributed by atoms with Gasteiger partial charge in [-0.05, 0) is 117 Å². The van der Waals surface area contributed by atoms with Crippen LogP contribution in [0.15, 0.2) is 36.9 Å². The van der Waals surface area contributed by atoms with Crippen molar-refractivity contribution in [1.29, 1.82) is 0 Å². The van der Waals surface area contributed by atoms with Crippen LogP contribution in [-0.2, 0) is 0 Å². The van der Waals surface area contributed by atoms with E-state index in [2.05, 4.69) is 12.7 Å². The Kier molecular flexibility index (Phi) is 5.29. The molecule has 0 spiro atoms. The van der Waals surface area contributed by atoms with Gasteiger partial charge >= 0.3 is 0 Å². The molecular formula is C24H33F. The van der Waals surface area contributed by atoms with Crippen molar-refractivity contribution in [3.63, 3.8) is 0 Å². The van der Waals surface area contributed by atoms with E-state index in [1.165, 1.54) is 69.8 Å². The van der Waals surface area contributed by atoms with Gasteiger partial charge in [0.15, 0.2) is 0 Å². The molecular weight excluding hydrogens is 307 g/mol. The maximum atomic E-state index is 13.2. The van der Waals surface area contributed by atoms with Gasteiger partial charge in [-0.1, -0.05) is 18.2 Å². The minimum absolute atomic E-state index is 0.107. The second-order valence-corrected chi connectivity index (χ2v) is 9.07. The lowest BCUT2D eigenvalue weighted by Crippen LogP contribution is -2.34. The Balaban J connectivity index is 1.32. The molecule has 1 heteroatoms. The summed E-state index contributed by atoms with van der Waals surface area (Å²) in [5.41, 5.74) is 1.37. The van der Waals surface area contributed by atoms with Crippen molar-refractivity contribution in [2.24, 2.45) is 29.6 Å². The van der Waals surface area contributed by atoms with Crippen LogP contribution in [0.1, 0.15) is 75.7 Å². The Labute approximate surface area is 152 Å². The molecule has 136 valence electrons. The number of allylic oxidation sites excluding steroid dienone is 1. The number of fused-ring (bicyclic) bond motifs is 1. The highest BCUT2D eigenvalue weighted by molar-refractivity contribution is 5.21. The summed E-state index contributed by atoms with van der Waals surface area (Å²) >= 11 is 0. The molecule has 3 aliphatic carbocycles. The van der Waals surface area contributed by atoms with Crippen molar-refractivity contribution in [3.05, 3.63) is 48.3 Å². The fraction of sp³-hybridized carbons (Fsp3) is 0.667. The molecule has 4 rings (SSSR count). The standard InChI is InChI=1S/C24H33F/c1-2-17-3-5-18(6-4-17)20-7-9-23-16-21(8-10-22(23)15-20)19-11-13-24(25)14-12-19/h2,11-14,17-18,20-23H,1,3-10,15-16H2. The molecule has 0 aromatic heterocycles. The summed E-state index contributed by atoms with van der Waals surface area (Å²) in [6, 6.07) is 7.31. The van der Waals surface area contributed by atoms with Crippen LogP contribution < -0.4 is 0 Å². The van der Waals surface area contributed by atoms with Gasteiger partial charge in [-0.15, -0.1) is 6.58 Å².